The van der Waals surface area contributed by atoms with E-state index in [9.17, 15) is 25.9 Å². The van der Waals surface area contributed by atoms with Crippen LogP contribution in [0.5, 0.6) is 0 Å². The molecule has 0 saturated carbocycles. The Balaban J connectivity index is 0.000000557. The first-order chi connectivity index (χ1) is 18.9. The lowest BCUT2D eigenvalue weighted by atomic mass is 9.96. The number of benzene rings is 3. The fraction of sp³-hybridized carbons (Fsp3) is 0. The van der Waals surface area contributed by atoms with Gasteiger partial charge in [-0.1, -0.05) is 72.8 Å². The molecule has 0 saturated heterocycles. The average molecular weight is 585 g/mol. The van der Waals surface area contributed by atoms with Crippen LogP contribution in [0.1, 0.15) is 0 Å². The Kier molecular flexibility index (Phi) is 7.78. The second-order valence-corrected chi connectivity index (χ2v) is 10.6. The van der Waals surface area contributed by atoms with Crippen LogP contribution in [0.3, 0.4) is 0 Å². The van der Waals surface area contributed by atoms with E-state index in [1.807, 2.05) is 30.3 Å². The zero-order chi connectivity index (χ0) is 29.1. The maximum Gasteiger partial charge on any atom is 0.354 e. The molecule has 14 nitrogen and oxygen atoms in total. The molecule has 16 heteroatoms. The average Bonchev–Trinajstić information content (AvgIpc) is 2.91. The number of aromatic nitrogens is 2. The predicted molar refractivity (Wildman–Crippen MR) is 141 cm³/mol. The van der Waals surface area contributed by atoms with E-state index in [2.05, 4.69) is 14.9 Å². The van der Waals surface area contributed by atoms with Crippen molar-refractivity contribution in [1.29, 1.82) is 0 Å². The smallest absolute Gasteiger partial charge is 0.282 e. The Hall–Kier alpha value is -4.90. The molecule has 0 amide bonds. The van der Waals surface area contributed by atoms with Crippen molar-refractivity contribution in [2.24, 2.45) is 5.34 Å². The molecule has 2 aromatic heterocycles. The van der Waals surface area contributed by atoms with Crippen LogP contribution in [0.2, 0.25) is 0 Å². The fourth-order valence-electron chi connectivity index (χ4n) is 4.10. The highest BCUT2D eigenvalue weighted by atomic mass is 32.2. The normalized spacial score (nSPS) is 11.4. The number of pyridine rings is 2. The molecule has 2 heterocycles. The summed E-state index contributed by atoms with van der Waals surface area (Å²) in [5.41, 5.74) is 2.28. The van der Waals surface area contributed by atoms with Crippen molar-refractivity contribution in [2.75, 3.05) is 0 Å². The first kappa shape index (κ1) is 28.1. The Bertz CT molecular complexity index is 1970. The first-order valence-corrected chi connectivity index (χ1v) is 13.8. The molecule has 0 radical (unpaired) electrons. The van der Waals surface area contributed by atoms with E-state index < -0.39 is 35.2 Å². The van der Waals surface area contributed by atoms with Gasteiger partial charge in [-0.05, 0) is 22.8 Å². The number of rotatable bonds is 6. The lowest BCUT2D eigenvalue weighted by Crippen LogP contribution is -2.13. The van der Waals surface area contributed by atoms with Gasteiger partial charge >= 0.3 is 15.5 Å². The van der Waals surface area contributed by atoms with Crippen molar-refractivity contribution < 1.29 is 36.0 Å². The highest BCUT2D eigenvalue weighted by molar-refractivity contribution is 7.89. The molecular formula is C24H16N4O10S2. The number of hydrogen-bond donors (Lipinski definition) is 2. The van der Waals surface area contributed by atoms with Crippen LogP contribution in [-0.4, -0.2) is 41.0 Å². The van der Waals surface area contributed by atoms with Crippen molar-refractivity contribution in [3.8, 4) is 22.3 Å². The summed E-state index contributed by atoms with van der Waals surface area (Å²) in [6.07, 6.45) is 1.54. The summed E-state index contributed by atoms with van der Waals surface area (Å²) in [5, 5.41) is 8.80. The molecule has 0 aliphatic rings. The number of hydrogen-bond acceptors (Lipinski definition) is 11. The molecule has 0 fully saturated rings. The van der Waals surface area contributed by atoms with E-state index in [0.29, 0.717) is 16.5 Å². The standard InChI is InChI=1S/C24H16N2O6S2.N2O4/c27-33(28,29)23-20(16-9-5-2-6-10-16)19-12-11-18-17(15-7-3-1-4-8-15)13-14-25-21(18)22(19)26-24(23)34(30,31)32;3-1-6-2(4)5/h1-14H,(H,27,28,29)(H,30,31,32);. The fourth-order valence-corrected chi connectivity index (χ4v) is 6.03. The molecule has 0 atom stereocenters. The van der Waals surface area contributed by atoms with Gasteiger partial charge in [0.25, 0.3) is 10.1 Å². The van der Waals surface area contributed by atoms with Gasteiger partial charge in [-0.3, -0.25) is 14.1 Å². The van der Waals surface area contributed by atoms with Crippen LogP contribution in [0.25, 0.3) is 44.1 Å². The third kappa shape index (κ3) is 5.74. The molecule has 40 heavy (non-hydrogen) atoms. The second kappa shape index (κ2) is 11.1. The van der Waals surface area contributed by atoms with E-state index in [1.54, 1.807) is 48.5 Å². The van der Waals surface area contributed by atoms with Gasteiger partial charge in [0.05, 0.1) is 11.0 Å². The molecule has 0 aliphatic carbocycles. The van der Waals surface area contributed by atoms with Gasteiger partial charge in [0.2, 0.25) is 5.03 Å². The van der Waals surface area contributed by atoms with E-state index in [0.717, 1.165) is 11.1 Å². The Morgan fingerprint density at radius 2 is 1.35 bits per heavy atom. The van der Waals surface area contributed by atoms with Gasteiger partial charge in [-0.25, -0.2) is 15.1 Å². The molecule has 0 spiro atoms. The van der Waals surface area contributed by atoms with Crippen LogP contribution in [0, 0.1) is 15.0 Å². The molecule has 0 bridgehead atoms. The molecule has 0 aliphatic heterocycles. The molecule has 5 rings (SSSR count). The van der Waals surface area contributed by atoms with E-state index in [1.165, 1.54) is 11.5 Å². The first-order valence-electron chi connectivity index (χ1n) is 10.9. The minimum absolute atomic E-state index is 0.0640. The largest absolute Gasteiger partial charge is 0.354 e. The van der Waals surface area contributed by atoms with Gasteiger partial charge in [0.15, 0.2) is 5.09 Å². The lowest BCUT2D eigenvalue weighted by Gasteiger charge is -2.16. The molecule has 3 aromatic carbocycles. The molecule has 2 N–H and O–H groups in total. The van der Waals surface area contributed by atoms with Crippen molar-refractivity contribution in [3.63, 3.8) is 0 Å². The van der Waals surface area contributed by atoms with Gasteiger partial charge in [-0.2, -0.15) is 16.8 Å². The minimum Gasteiger partial charge on any atom is -0.282 e. The molecule has 5 aromatic rings. The van der Waals surface area contributed by atoms with Gasteiger partial charge in [-0.15, -0.1) is 4.94 Å². The van der Waals surface area contributed by atoms with Crippen LogP contribution in [0.4, 0.5) is 0 Å². The molecule has 0 unspecified atom stereocenters. The summed E-state index contributed by atoms with van der Waals surface area (Å²) in [6, 6.07) is 22.7. The summed E-state index contributed by atoms with van der Waals surface area (Å²) in [4.78, 5) is 27.8. The second-order valence-electron chi connectivity index (χ2n) is 7.90. The summed E-state index contributed by atoms with van der Waals surface area (Å²) < 4.78 is 69.1. The van der Waals surface area contributed by atoms with Gasteiger partial charge in [0, 0.05) is 27.4 Å². The SMILES string of the molecule is O=NO[N+](=O)[O-].O=S(=O)(O)c1nc2c(ccc3c(-c4ccccc4)ccnc32)c(-c2ccccc2)c1S(=O)(=O)O. The zero-order valence-corrected chi connectivity index (χ0v) is 21.5. The van der Waals surface area contributed by atoms with Crippen LogP contribution in [-0.2, 0) is 25.2 Å². The van der Waals surface area contributed by atoms with Crippen LogP contribution >= 0.6 is 0 Å². The Labute approximate surface area is 225 Å². The zero-order valence-electron chi connectivity index (χ0n) is 19.8. The van der Waals surface area contributed by atoms with Crippen molar-refractivity contribution >= 4 is 42.0 Å². The minimum atomic E-state index is -5.15. The van der Waals surface area contributed by atoms with Crippen LogP contribution < -0.4 is 0 Å². The van der Waals surface area contributed by atoms with Crippen molar-refractivity contribution in [2.45, 2.75) is 9.92 Å². The number of fused-ring (bicyclic) bond motifs is 3. The van der Waals surface area contributed by atoms with Crippen molar-refractivity contribution in [3.05, 3.63) is 100 Å². The van der Waals surface area contributed by atoms with Crippen LogP contribution in [0.15, 0.2) is 100 Å². The van der Waals surface area contributed by atoms with E-state index in [-0.39, 0.29) is 16.5 Å². The summed E-state index contributed by atoms with van der Waals surface area (Å²) in [6.45, 7) is 0. The predicted octanol–water partition coefficient (Wildman–Crippen LogP) is 4.49. The third-order valence-corrected chi connectivity index (χ3v) is 7.37. The summed E-state index contributed by atoms with van der Waals surface area (Å²) in [7, 11) is -10.3. The van der Waals surface area contributed by atoms with Crippen molar-refractivity contribution in [1.82, 2.24) is 9.97 Å². The highest BCUT2D eigenvalue weighted by Gasteiger charge is 2.32. The Morgan fingerprint density at radius 3 is 1.85 bits per heavy atom. The topological polar surface area (TPSA) is 216 Å². The van der Waals surface area contributed by atoms with E-state index in [4.69, 9.17) is 15.0 Å². The highest BCUT2D eigenvalue weighted by Crippen LogP contribution is 2.40. The molecule has 204 valence electrons. The quantitative estimate of drug-likeness (QED) is 0.0928. The molecular weight excluding hydrogens is 568 g/mol. The van der Waals surface area contributed by atoms with Gasteiger partial charge < -0.3 is 0 Å². The van der Waals surface area contributed by atoms with Gasteiger partial charge in [0.1, 0.15) is 4.90 Å². The number of nitrogens with zero attached hydrogens (tertiary/aromatic N) is 4. The third-order valence-electron chi connectivity index (χ3n) is 5.54. The Morgan fingerprint density at radius 1 is 0.775 bits per heavy atom. The summed E-state index contributed by atoms with van der Waals surface area (Å²) in [5.74, 6) is 0. The summed E-state index contributed by atoms with van der Waals surface area (Å²) >= 11 is 0. The lowest BCUT2D eigenvalue weighted by molar-refractivity contribution is -0.760. The maximum absolute atomic E-state index is 12.4. The monoisotopic (exact) mass is 584 g/mol. The maximum atomic E-state index is 12.4. The van der Waals surface area contributed by atoms with E-state index >= 15 is 0 Å².